The fourth-order valence-corrected chi connectivity index (χ4v) is 2.01. The van der Waals surface area contributed by atoms with Crippen molar-refractivity contribution in [3.8, 4) is 0 Å². The average molecular weight is 225 g/mol. The van der Waals surface area contributed by atoms with Crippen LogP contribution >= 0.6 is 0 Å². The maximum absolute atomic E-state index is 13.7. The Balaban J connectivity index is 2.42. The highest BCUT2D eigenvalue weighted by Gasteiger charge is 2.21. The molecule has 0 unspecified atom stereocenters. The lowest BCUT2D eigenvalue weighted by Crippen LogP contribution is -2.20. The Morgan fingerprint density at radius 1 is 1.19 bits per heavy atom. The van der Waals surface area contributed by atoms with Crippen LogP contribution in [0.4, 0.5) is 14.5 Å². The maximum atomic E-state index is 13.7. The third kappa shape index (κ3) is 1.92. The monoisotopic (exact) mass is 225 g/mol. The molecule has 1 heterocycles. The van der Waals surface area contributed by atoms with E-state index in [0.717, 1.165) is 25.0 Å². The number of ketones is 1. The Labute approximate surface area is 92.9 Å². The second-order valence-corrected chi connectivity index (χ2v) is 4.04. The molecule has 1 aliphatic rings. The molecule has 1 aromatic carbocycles. The Bertz CT molecular complexity index is 402. The number of hydrogen-bond donors (Lipinski definition) is 0. The lowest BCUT2D eigenvalue weighted by Gasteiger charge is -2.19. The summed E-state index contributed by atoms with van der Waals surface area (Å²) in [5.41, 5.74) is 0.0837. The van der Waals surface area contributed by atoms with Gasteiger partial charge in [-0.05, 0) is 31.9 Å². The van der Waals surface area contributed by atoms with Gasteiger partial charge in [-0.15, -0.1) is 0 Å². The Morgan fingerprint density at radius 2 is 1.69 bits per heavy atom. The van der Waals surface area contributed by atoms with Crippen LogP contribution in [0.3, 0.4) is 0 Å². The molecule has 0 aromatic heterocycles. The molecule has 0 aliphatic carbocycles. The smallest absolute Gasteiger partial charge is 0.160 e. The number of hydrogen-bond acceptors (Lipinski definition) is 2. The normalized spacial score (nSPS) is 15.6. The first kappa shape index (κ1) is 11.0. The molecule has 1 aromatic rings. The molecule has 0 amide bonds. The average Bonchev–Trinajstić information content (AvgIpc) is 2.69. The zero-order chi connectivity index (χ0) is 11.7. The maximum Gasteiger partial charge on any atom is 0.160 e. The SMILES string of the molecule is CC(=O)c1cc(F)c(N2CCCC2)c(F)c1. The number of halogens is 2. The lowest BCUT2D eigenvalue weighted by molar-refractivity contribution is 0.101. The summed E-state index contributed by atoms with van der Waals surface area (Å²) >= 11 is 0. The van der Waals surface area contributed by atoms with Crippen LogP contribution in [0.25, 0.3) is 0 Å². The summed E-state index contributed by atoms with van der Waals surface area (Å²) in [5.74, 6) is -1.62. The molecule has 0 saturated carbocycles. The van der Waals surface area contributed by atoms with E-state index in [-0.39, 0.29) is 17.0 Å². The fraction of sp³-hybridized carbons (Fsp3) is 0.417. The van der Waals surface area contributed by atoms with E-state index < -0.39 is 11.6 Å². The zero-order valence-electron chi connectivity index (χ0n) is 9.09. The van der Waals surface area contributed by atoms with Crippen LogP contribution in [0.5, 0.6) is 0 Å². The largest absolute Gasteiger partial charge is 0.367 e. The molecule has 0 bridgehead atoms. The minimum atomic E-state index is -0.646. The van der Waals surface area contributed by atoms with E-state index in [1.54, 1.807) is 4.90 Å². The van der Waals surface area contributed by atoms with Gasteiger partial charge in [-0.1, -0.05) is 0 Å². The quantitative estimate of drug-likeness (QED) is 0.721. The zero-order valence-corrected chi connectivity index (χ0v) is 9.09. The molecule has 4 heteroatoms. The molecule has 2 rings (SSSR count). The Kier molecular flexibility index (Phi) is 2.90. The van der Waals surface area contributed by atoms with Crippen molar-refractivity contribution in [1.82, 2.24) is 0 Å². The molecule has 2 nitrogen and oxygen atoms in total. The number of carbonyl (C=O) groups is 1. The van der Waals surface area contributed by atoms with Gasteiger partial charge in [-0.3, -0.25) is 4.79 Å². The minimum Gasteiger partial charge on any atom is -0.367 e. The van der Waals surface area contributed by atoms with Gasteiger partial charge in [0.1, 0.15) is 17.3 Å². The molecule has 1 aliphatic heterocycles. The number of benzene rings is 1. The van der Waals surface area contributed by atoms with Crippen LogP contribution < -0.4 is 4.90 Å². The number of nitrogens with zero attached hydrogens (tertiary/aromatic N) is 1. The molecular weight excluding hydrogens is 212 g/mol. The van der Waals surface area contributed by atoms with E-state index in [1.165, 1.54) is 6.92 Å². The number of Topliss-reactive ketones (excluding diaryl/α,β-unsaturated/α-hetero) is 1. The van der Waals surface area contributed by atoms with Crippen molar-refractivity contribution in [2.45, 2.75) is 19.8 Å². The number of rotatable bonds is 2. The van der Waals surface area contributed by atoms with Gasteiger partial charge in [0.25, 0.3) is 0 Å². The minimum absolute atomic E-state index is 0.00231. The van der Waals surface area contributed by atoms with Crippen molar-refractivity contribution < 1.29 is 13.6 Å². The van der Waals surface area contributed by atoms with E-state index in [9.17, 15) is 13.6 Å². The van der Waals surface area contributed by atoms with E-state index in [1.807, 2.05) is 0 Å². The third-order valence-corrected chi connectivity index (χ3v) is 2.85. The molecule has 0 spiro atoms. The van der Waals surface area contributed by atoms with Crippen molar-refractivity contribution in [1.29, 1.82) is 0 Å². The topological polar surface area (TPSA) is 20.3 Å². The predicted molar refractivity (Wildman–Crippen MR) is 57.8 cm³/mol. The van der Waals surface area contributed by atoms with E-state index in [2.05, 4.69) is 0 Å². The standard InChI is InChI=1S/C12H13F2NO/c1-8(16)9-6-10(13)12(11(14)7-9)15-4-2-3-5-15/h6-7H,2-5H2,1H3. The fourth-order valence-electron chi connectivity index (χ4n) is 2.01. The second-order valence-electron chi connectivity index (χ2n) is 4.04. The molecule has 0 atom stereocenters. The molecule has 0 radical (unpaired) electrons. The molecule has 16 heavy (non-hydrogen) atoms. The first-order valence-electron chi connectivity index (χ1n) is 5.34. The summed E-state index contributed by atoms with van der Waals surface area (Å²) in [5, 5.41) is 0. The van der Waals surface area contributed by atoms with Gasteiger partial charge in [0.15, 0.2) is 5.78 Å². The molecule has 1 fully saturated rings. The highest BCUT2D eigenvalue weighted by Crippen LogP contribution is 2.28. The van der Waals surface area contributed by atoms with E-state index in [4.69, 9.17) is 0 Å². The number of anilines is 1. The van der Waals surface area contributed by atoms with Crippen LogP contribution in [0.1, 0.15) is 30.1 Å². The molecular formula is C12H13F2NO. The molecule has 1 saturated heterocycles. The third-order valence-electron chi connectivity index (χ3n) is 2.85. The Morgan fingerprint density at radius 3 is 2.12 bits per heavy atom. The van der Waals surface area contributed by atoms with Gasteiger partial charge in [-0.2, -0.15) is 0 Å². The van der Waals surface area contributed by atoms with Crippen LogP contribution in [0.15, 0.2) is 12.1 Å². The van der Waals surface area contributed by atoms with Crippen LogP contribution in [0, 0.1) is 11.6 Å². The van der Waals surface area contributed by atoms with E-state index >= 15 is 0 Å². The van der Waals surface area contributed by atoms with Crippen molar-refractivity contribution in [3.05, 3.63) is 29.3 Å². The van der Waals surface area contributed by atoms with Crippen molar-refractivity contribution in [2.24, 2.45) is 0 Å². The van der Waals surface area contributed by atoms with Crippen LogP contribution in [-0.4, -0.2) is 18.9 Å². The Hall–Kier alpha value is -1.45. The van der Waals surface area contributed by atoms with Crippen molar-refractivity contribution in [2.75, 3.05) is 18.0 Å². The molecule has 0 N–H and O–H groups in total. The van der Waals surface area contributed by atoms with Gasteiger partial charge in [0.05, 0.1) is 0 Å². The van der Waals surface area contributed by atoms with Gasteiger partial charge < -0.3 is 4.90 Å². The van der Waals surface area contributed by atoms with Gasteiger partial charge in [-0.25, -0.2) is 8.78 Å². The first-order valence-corrected chi connectivity index (χ1v) is 5.34. The van der Waals surface area contributed by atoms with Crippen molar-refractivity contribution >= 4 is 11.5 Å². The summed E-state index contributed by atoms with van der Waals surface area (Å²) in [6.45, 7) is 2.64. The first-order chi connectivity index (χ1) is 7.59. The van der Waals surface area contributed by atoms with Crippen molar-refractivity contribution in [3.63, 3.8) is 0 Å². The lowest BCUT2D eigenvalue weighted by atomic mass is 10.1. The van der Waals surface area contributed by atoms with Gasteiger partial charge >= 0.3 is 0 Å². The van der Waals surface area contributed by atoms with Gasteiger partial charge in [0.2, 0.25) is 0 Å². The van der Waals surface area contributed by atoms with Gasteiger partial charge in [0, 0.05) is 18.7 Å². The highest BCUT2D eigenvalue weighted by atomic mass is 19.1. The highest BCUT2D eigenvalue weighted by molar-refractivity contribution is 5.94. The summed E-state index contributed by atoms with van der Waals surface area (Å²) in [6.07, 6.45) is 1.90. The summed E-state index contributed by atoms with van der Waals surface area (Å²) in [4.78, 5) is 12.7. The predicted octanol–water partition coefficient (Wildman–Crippen LogP) is 2.77. The summed E-state index contributed by atoms with van der Waals surface area (Å²) < 4.78 is 27.4. The summed E-state index contributed by atoms with van der Waals surface area (Å²) in [6, 6.07) is 2.22. The van der Waals surface area contributed by atoms with E-state index in [0.29, 0.717) is 13.1 Å². The number of carbonyl (C=O) groups excluding carboxylic acids is 1. The molecule has 86 valence electrons. The van der Waals surface area contributed by atoms with Crippen LogP contribution in [-0.2, 0) is 0 Å². The summed E-state index contributed by atoms with van der Waals surface area (Å²) in [7, 11) is 0. The second kappa shape index (κ2) is 4.20. The van der Waals surface area contributed by atoms with Crippen LogP contribution in [0.2, 0.25) is 0 Å².